The van der Waals surface area contributed by atoms with Crippen molar-refractivity contribution in [1.29, 1.82) is 0 Å². The lowest BCUT2D eigenvalue weighted by Gasteiger charge is -2.38. The van der Waals surface area contributed by atoms with Crippen molar-refractivity contribution in [3.63, 3.8) is 0 Å². The van der Waals surface area contributed by atoms with E-state index < -0.39 is 14.4 Å². The molecular weight excluding hydrogens is 600 g/mol. The van der Waals surface area contributed by atoms with Crippen molar-refractivity contribution in [3.05, 3.63) is 34.0 Å². The average molecular weight is 657 g/mol. The second-order valence-corrected chi connectivity index (χ2v) is 20.5. The molecule has 7 atom stereocenters. The molecule has 2 aliphatic rings. The van der Waals surface area contributed by atoms with E-state index in [-0.39, 0.29) is 46.7 Å². The van der Waals surface area contributed by atoms with E-state index in [2.05, 4.69) is 46.9 Å². The highest BCUT2D eigenvalue weighted by molar-refractivity contribution is 7.13. The van der Waals surface area contributed by atoms with Crippen LogP contribution >= 0.6 is 22.9 Å². The fraction of sp³-hybridized carbons (Fsp3) is 0.794. The molecule has 1 aromatic heterocycles. The summed E-state index contributed by atoms with van der Waals surface area (Å²) in [5.74, 6) is 0.109. The van der Waals surface area contributed by atoms with E-state index in [4.69, 9.17) is 30.2 Å². The molecule has 3 rings (SSSR count). The molecule has 0 spiro atoms. The van der Waals surface area contributed by atoms with E-state index in [9.17, 15) is 9.90 Å². The summed E-state index contributed by atoms with van der Waals surface area (Å²) in [6.45, 7) is 14.4. The van der Waals surface area contributed by atoms with Crippen molar-refractivity contribution >= 4 is 37.2 Å². The summed E-state index contributed by atoms with van der Waals surface area (Å²) >= 11 is 8.47. The summed E-state index contributed by atoms with van der Waals surface area (Å²) in [5.41, 5.74) is 0. The van der Waals surface area contributed by atoms with Crippen LogP contribution in [0.4, 0.5) is 0 Å². The predicted octanol–water partition coefficient (Wildman–Crippen LogP) is 8.90. The number of hydrogen-bond donors (Lipinski definition) is 1. The third-order valence-corrected chi connectivity index (χ3v) is 15.8. The van der Waals surface area contributed by atoms with Crippen molar-refractivity contribution in [2.24, 2.45) is 11.8 Å². The Labute approximate surface area is 271 Å². The van der Waals surface area contributed by atoms with Crippen molar-refractivity contribution in [2.45, 2.75) is 146 Å². The number of halogens is 1. The zero-order chi connectivity index (χ0) is 31.6. The smallest absolute Gasteiger partial charge is 0.348 e. The van der Waals surface area contributed by atoms with E-state index in [0.717, 1.165) is 77.2 Å². The van der Waals surface area contributed by atoms with Crippen molar-refractivity contribution < 1.29 is 28.5 Å². The number of esters is 1. The molecule has 0 bridgehead atoms. The third-order valence-electron chi connectivity index (χ3n) is 9.54. The Balaban J connectivity index is 1.53. The molecule has 43 heavy (non-hydrogen) atoms. The number of alkyl halides is 1. The highest BCUT2D eigenvalue weighted by Crippen LogP contribution is 2.43. The summed E-state index contributed by atoms with van der Waals surface area (Å²) < 4.78 is 23.8. The topological polar surface area (TPSA) is 74.2 Å². The molecule has 0 amide bonds. The quantitative estimate of drug-likeness (QED) is 0.0630. The molecule has 0 aromatic carbocycles. The summed E-state index contributed by atoms with van der Waals surface area (Å²) in [6, 6.07) is 3.86. The number of thiophene rings is 1. The van der Waals surface area contributed by atoms with Crippen molar-refractivity contribution in [2.75, 3.05) is 13.7 Å². The monoisotopic (exact) mass is 656 g/mol. The zero-order valence-electron chi connectivity index (χ0n) is 27.6. The Morgan fingerprint density at radius 2 is 1.95 bits per heavy atom. The Hall–Kier alpha value is -0.743. The molecule has 1 aliphatic heterocycles. The highest BCUT2D eigenvalue weighted by atomic mass is 35.5. The Bertz CT molecular complexity index is 1000. The van der Waals surface area contributed by atoms with Gasteiger partial charge < -0.3 is 23.7 Å². The maximum absolute atomic E-state index is 11.8. The van der Waals surface area contributed by atoms with E-state index in [1.165, 1.54) is 23.3 Å². The standard InChI is InChI=1S/C34H57ClO6SSi/c1-24(41-43(6,7)34(2,3)4)13-8-9-14-25(36)18-20-28-27(16-12-15-26-19-21-31(42-26)33(37)38-5)29(35)23-30(28)40-32-17-10-11-22-39-32/h18-21,24-25,27-30,32,36H,8-17,22-23H2,1-7H3/t24-,25+,27-,28-,29-,30-,32?/m1/s1. The predicted molar refractivity (Wildman–Crippen MR) is 180 cm³/mol. The maximum Gasteiger partial charge on any atom is 0.348 e. The molecule has 1 aliphatic carbocycles. The van der Waals surface area contributed by atoms with Gasteiger partial charge in [-0.25, -0.2) is 4.79 Å². The van der Waals surface area contributed by atoms with Crippen LogP contribution in [0, 0.1) is 11.8 Å². The van der Waals surface area contributed by atoms with Gasteiger partial charge in [0.15, 0.2) is 14.6 Å². The molecule has 0 radical (unpaired) electrons. The number of ether oxygens (including phenoxy) is 3. The first-order valence-corrected chi connectivity index (χ1v) is 20.6. The number of aliphatic hydroxyl groups is 1. The fourth-order valence-electron chi connectivity index (χ4n) is 5.98. The third kappa shape index (κ3) is 11.5. The minimum Gasteiger partial charge on any atom is -0.465 e. The number of hydrogen-bond acceptors (Lipinski definition) is 7. The zero-order valence-corrected chi connectivity index (χ0v) is 30.2. The second-order valence-electron chi connectivity index (χ2n) is 14.0. The van der Waals surface area contributed by atoms with Crippen LogP contribution in [0.3, 0.4) is 0 Å². The Morgan fingerprint density at radius 1 is 1.21 bits per heavy atom. The summed E-state index contributed by atoms with van der Waals surface area (Å²) in [6.07, 6.45) is 14.2. The van der Waals surface area contributed by atoms with Crippen molar-refractivity contribution in [1.82, 2.24) is 0 Å². The first kappa shape index (κ1) is 36.7. The van der Waals surface area contributed by atoms with Crippen LogP contribution in [0.15, 0.2) is 24.3 Å². The molecule has 2 heterocycles. The average Bonchev–Trinajstić information content (AvgIpc) is 3.53. The minimum atomic E-state index is -1.76. The van der Waals surface area contributed by atoms with Crippen LogP contribution in [-0.2, 0) is 25.1 Å². The molecule has 1 saturated carbocycles. The largest absolute Gasteiger partial charge is 0.465 e. The lowest BCUT2D eigenvalue weighted by molar-refractivity contribution is -0.192. The summed E-state index contributed by atoms with van der Waals surface area (Å²) in [5, 5.41) is 11.1. The van der Waals surface area contributed by atoms with Crippen LogP contribution in [-0.4, -0.2) is 63.1 Å². The van der Waals surface area contributed by atoms with Gasteiger partial charge in [0.2, 0.25) is 0 Å². The van der Waals surface area contributed by atoms with Gasteiger partial charge in [-0.2, -0.15) is 0 Å². The summed E-state index contributed by atoms with van der Waals surface area (Å²) in [7, 11) is -0.345. The van der Waals surface area contributed by atoms with E-state index in [1.54, 1.807) is 0 Å². The molecule has 1 unspecified atom stereocenters. The highest BCUT2D eigenvalue weighted by Gasteiger charge is 2.43. The van der Waals surface area contributed by atoms with Gasteiger partial charge in [0.05, 0.1) is 19.3 Å². The number of aliphatic hydroxyl groups excluding tert-OH is 1. The normalized spacial score (nSPS) is 26.6. The molecule has 9 heteroatoms. The molecule has 1 saturated heterocycles. The number of carbonyl (C=O) groups excluding carboxylic acids is 1. The van der Waals surface area contributed by atoms with E-state index in [0.29, 0.717) is 4.88 Å². The number of methoxy groups -OCH3 is 1. The number of aryl methyl sites for hydroxylation is 1. The number of rotatable bonds is 16. The number of unbranched alkanes of at least 4 members (excludes halogenated alkanes) is 1. The van der Waals surface area contributed by atoms with Crippen LogP contribution in [0.1, 0.15) is 106 Å². The molecule has 1 N–H and O–H groups in total. The van der Waals surface area contributed by atoms with E-state index >= 15 is 0 Å². The lowest BCUT2D eigenvalue weighted by atomic mass is 9.88. The van der Waals surface area contributed by atoms with Gasteiger partial charge in [0.1, 0.15) is 4.88 Å². The van der Waals surface area contributed by atoms with Gasteiger partial charge in [-0.3, -0.25) is 0 Å². The second kappa shape index (κ2) is 17.3. The Kier molecular flexibility index (Phi) is 14.7. The number of carbonyl (C=O) groups is 1. The SMILES string of the molecule is COC(=O)c1ccc(CCC[C@@H]2[C@@H](C=C[C@@H](O)CCCC[C@@H](C)O[Si](C)(C)C(C)(C)C)[C@H](OC3CCCCO3)C[C@H]2Cl)s1. The van der Waals surface area contributed by atoms with Crippen molar-refractivity contribution in [3.8, 4) is 0 Å². The molecule has 2 fully saturated rings. The first-order chi connectivity index (χ1) is 20.3. The molecular formula is C34H57ClO6SSi. The van der Waals surface area contributed by atoms with Gasteiger partial charge >= 0.3 is 5.97 Å². The van der Waals surface area contributed by atoms with Gasteiger partial charge in [-0.1, -0.05) is 45.8 Å². The van der Waals surface area contributed by atoms with Gasteiger partial charge in [0, 0.05) is 28.9 Å². The van der Waals surface area contributed by atoms with Crippen LogP contribution in [0.5, 0.6) is 0 Å². The first-order valence-electron chi connectivity index (χ1n) is 16.4. The van der Waals surface area contributed by atoms with Gasteiger partial charge in [-0.15, -0.1) is 22.9 Å². The Morgan fingerprint density at radius 3 is 2.63 bits per heavy atom. The van der Waals surface area contributed by atoms with Crippen LogP contribution < -0.4 is 0 Å². The van der Waals surface area contributed by atoms with Gasteiger partial charge in [-0.05, 0) is 101 Å². The van der Waals surface area contributed by atoms with Crippen LogP contribution in [0.25, 0.3) is 0 Å². The minimum absolute atomic E-state index is 0.0109. The molecule has 1 aromatic rings. The molecule has 6 nitrogen and oxygen atoms in total. The van der Waals surface area contributed by atoms with Crippen LogP contribution in [0.2, 0.25) is 18.1 Å². The maximum atomic E-state index is 11.8. The van der Waals surface area contributed by atoms with E-state index in [1.807, 2.05) is 18.2 Å². The van der Waals surface area contributed by atoms with Gasteiger partial charge in [0.25, 0.3) is 0 Å². The summed E-state index contributed by atoms with van der Waals surface area (Å²) in [4.78, 5) is 13.7. The molecule has 246 valence electrons. The lowest BCUT2D eigenvalue weighted by Crippen LogP contribution is -2.43. The fourth-order valence-corrected chi connectivity index (χ4v) is 8.90.